The summed E-state index contributed by atoms with van der Waals surface area (Å²) in [6.07, 6.45) is 4.95. The standard InChI is InChI=1S/C30H25ClFN3O/c1-19-8-10-21(11-9-19)27-25-7-2-3-16-34-26(20-12-14-23(32)15-13-20)18-35(30(25)34)28(27)29(36)33-24-6-4-5-22(31)17-24/h4-6,8-15,17-18H,2-3,7,16H2,1H3,(H,33,36). The van der Waals surface area contributed by atoms with Gasteiger partial charge in [-0.3, -0.25) is 9.20 Å². The minimum absolute atomic E-state index is 0.197. The van der Waals surface area contributed by atoms with E-state index in [0.717, 1.165) is 53.8 Å². The Labute approximate surface area is 214 Å². The van der Waals surface area contributed by atoms with E-state index in [9.17, 15) is 9.18 Å². The summed E-state index contributed by atoms with van der Waals surface area (Å²) in [6, 6.07) is 22.1. The van der Waals surface area contributed by atoms with E-state index in [1.807, 2.05) is 22.7 Å². The van der Waals surface area contributed by atoms with E-state index in [4.69, 9.17) is 11.6 Å². The molecule has 0 aliphatic carbocycles. The van der Waals surface area contributed by atoms with Crippen LogP contribution in [0.3, 0.4) is 0 Å². The number of carbonyl (C=O) groups excluding carboxylic acids is 1. The van der Waals surface area contributed by atoms with Gasteiger partial charge in [-0.1, -0.05) is 47.5 Å². The molecule has 0 saturated heterocycles. The number of nitrogens with one attached hydrogen (secondary N) is 1. The molecular formula is C30H25ClFN3O. The lowest BCUT2D eigenvalue weighted by Crippen LogP contribution is -2.15. The van der Waals surface area contributed by atoms with Crippen molar-refractivity contribution in [3.05, 3.63) is 107 Å². The summed E-state index contributed by atoms with van der Waals surface area (Å²) >= 11 is 6.18. The maximum absolute atomic E-state index is 13.9. The van der Waals surface area contributed by atoms with Gasteiger partial charge in [0.25, 0.3) is 5.91 Å². The Kier molecular flexibility index (Phi) is 5.65. The van der Waals surface area contributed by atoms with Gasteiger partial charge in [-0.15, -0.1) is 0 Å². The number of aromatic nitrogens is 2. The summed E-state index contributed by atoms with van der Waals surface area (Å²) in [4.78, 5) is 13.9. The van der Waals surface area contributed by atoms with E-state index in [2.05, 4.69) is 41.1 Å². The third-order valence-electron chi connectivity index (χ3n) is 6.91. The summed E-state index contributed by atoms with van der Waals surface area (Å²) in [7, 11) is 0. The SMILES string of the molecule is Cc1ccc(-c2c3c4n(c(-c5ccc(F)cc5)cn4c2C(=O)Nc2cccc(Cl)c2)CCCC3)cc1. The fraction of sp³-hybridized carbons (Fsp3) is 0.167. The summed E-state index contributed by atoms with van der Waals surface area (Å²) < 4.78 is 18.0. The first-order valence-corrected chi connectivity index (χ1v) is 12.5. The number of benzene rings is 3. The van der Waals surface area contributed by atoms with Crippen LogP contribution in [-0.4, -0.2) is 14.9 Å². The molecule has 0 radical (unpaired) electrons. The monoisotopic (exact) mass is 497 g/mol. The molecule has 36 heavy (non-hydrogen) atoms. The van der Waals surface area contributed by atoms with Gasteiger partial charge in [0.15, 0.2) is 0 Å². The number of anilines is 1. The van der Waals surface area contributed by atoms with Gasteiger partial charge in [0.2, 0.25) is 0 Å². The second-order valence-electron chi connectivity index (χ2n) is 9.36. The van der Waals surface area contributed by atoms with Crippen molar-refractivity contribution in [1.82, 2.24) is 8.97 Å². The number of aryl methyl sites for hydroxylation is 3. The van der Waals surface area contributed by atoms with E-state index in [1.54, 1.807) is 24.3 Å². The minimum Gasteiger partial charge on any atom is -0.325 e. The maximum Gasteiger partial charge on any atom is 0.273 e. The number of halogens is 2. The predicted octanol–water partition coefficient (Wildman–Crippen LogP) is 7.76. The highest BCUT2D eigenvalue weighted by Crippen LogP contribution is 2.40. The van der Waals surface area contributed by atoms with Gasteiger partial charge < -0.3 is 9.88 Å². The van der Waals surface area contributed by atoms with E-state index >= 15 is 0 Å². The van der Waals surface area contributed by atoms with Crippen LogP contribution in [0.4, 0.5) is 10.1 Å². The topological polar surface area (TPSA) is 38.4 Å². The van der Waals surface area contributed by atoms with Crippen molar-refractivity contribution in [1.29, 1.82) is 0 Å². The number of hydrogen-bond acceptors (Lipinski definition) is 1. The van der Waals surface area contributed by atoms with Gasteiger partial charge in [-0.05, 0) is 79.8 Å². The highest BCUT2D eigenvalue weighted by Gasteiger charge is 2.29. The fourth-order valence-electron chi connectivity index (χ4n) is 5.25. The van der Waals surface area contributed by atoms with Crippen LogP contribution < -0.4 is 5.32 Å². The van der Waals surface area contributed by atoms with Crippen molar-refractivity contribution < 1.29 is 9.18 Å². The van der Waals surface area contributed by atoms with Crippen LogP contribution in [0.2, 0.25) is 5.02 Å². The Morgan fingerprint density at radius 2 is 1.72 bits per heavy atom. The lowest BCUT2D eigenvalue weighted by Gasteiger charge is -2.11. The van der Waals surface area contributed by atoms with E-state index in [-0.39, 0.29) is 11.7 Å². The van der Waals surface area contributed by atoms with Gasteiger partial charge in [0.05, 0.1) is 5.69 Å². The summed E-state index contributed by atoms with van der Waals surface area (Å²) in [5.41, 5.74) is 8.47. The van der Waals surface area contributed by atoms with Gasteiger partial charge in [0.1, 0.15) is 17.2 Å². The van der Waals surface area contributed by atoms with Crippen molar-refractivity contribution in [2.45, 2.75) is 32.7 Å². The van der Waals surface area contributed by atoms with Crippen molar-refractivity contribution in [3.8, 4) is 22.4 Å². The second kappa shape index (κ2) is 8.99. The first-order valence-electron chi connectivity index (χ1n) is 12.2. The average molecular weight is 498 g/mol. The summed E-state index contributed by atoms with van der Waals surface area (Å²) in [6.45, 7) is 2.90. The largest absolute Gasteiger partial charge is 0.325 e. The van der Waals surface area contributed by atoms with Crippen LogP contribution in [-0.2, 0) is 13.0 Å². The lowest BCUT2D eigenvalue weighted by molar-refractivity contribution is 0.102. The molecule has 4 nitrogen and oxygen atoms in total. The smallest absolute Gasteiger partial charge is 0.273 e. The zero-order valence-corrected chi connectivity index (χ0v) is 20.6. The van der Waals surface area contributed by atoms with Crippen LogP contribution in [0, 0.1) is 12.7 Å². The molecule has 0 fully saturated rings. The highest BCUT2D eigenvalue weighted by atomic mass is 35.5. The summed E-state index contributed by atoms with van der Waals surface area (Å²) in [5.74, 6) is -0.464. The third-order valence-corrected chi connectivity index (χ3v) is 7.15. The fourth-order valence-corrected chi connectivity index (χ4v) is 5.44. The number of amides is 1. The molecule has 0 spiro atoms. The number of hydrogen-bond donors (Lipinski definition) is 1. The zero-order chi connectivity index (χ0) is 24.8. The quantitative estimate of drug-likeness (QED) is 0.270. The first kappa shape index (κ1) is 22.6. The van der Waals surface area contributed by atoms with Crippen LogP contribution in [0.5, 0.6) is 0 Å². The van der Waals surface area contributed by atoms with Crippen LogP contribution >= 0.6 is 11.6 Å². The van der Waals surface area contributed by atoms with Gasteiger partial charge >= 0.3 is 0 Å². The molecule has 180 valence electrons. The van der Waals surface area contributed by atoms with Gasteiger partial charge in [0, 0.05) is 34.6 Å². The van der Waals surface area contributed by atoms with E-state index < -0.39 is 0 Å². The Morgan fingerprint density at radius 3 is 2.47 bits per heavy atom. The summed E-state index contributed by atoms with van der Waals surface area (Å²) in [5, 5.41) is 3.62. The number of rotatable bonds is 4. The minimum atomic E-state index is -0.267. The number of imidazole rings is 1. The molecule has 1 aliphatic rings. The first-order chi connectivity index (χ1) is 17.5. The van der Waals surface area contributed by atoms with Crippen molar-refractivity contribution in [2.75, 3.05) is 5.32 Å². The lowest BCUT2D eigenvalue weighted by atomic mass is 9.97. The maximum atomic E-state index is 13.9. The Morgan fingerprint density at radius 1 is 0.972 bits per heavy atom. The van der Waals surface area contributed by atoms with E-state index in [0.29, 0.717) is 16.4 Å². The van der Waals surface area contributed by atoms with Crippen LogP contribution in [0.25, 0.3) is 28.0 Å². The van der Waals surface area contributed by atoms with Crippen molar-refractivity contribution in [2.24, 2.45) is 0 Å². The Balaban J connectivity index is 1.61. The van der Waals surface area contributed by atoms with Crippen LogP contribution in [0.15, 0.2) is 79.0 Å². The molecule has 6 heteroatoms. The zero-order valence-electron chi connectivity index (χ0n) is 19.9. The van der Waals surface area contributed by atoms with Gasteiger partial charge in [-0.2, -0.15) is 0 Å². The molecule has 1 N–H and O–H groups in total. The molecule has 0 bridgehead atoms. The molecule has 0 unspecified atom stereocenters. The molecule has 5 aromatic rings. The van der Waals surface area contributed by atoms with Crippen molar-refractivity contribution >= 4 is 28.8 Å². The average Bonchev–Trinajstić information content (AvgIpc) is 3.28. The molecule has 2 aromatic heterocycles. The molecule has 1 aliphatic heterocycles. The van der Waals surface area contributed by atoms with Crippen molar-refractivity contribution in [3.63, 3.8) is 0 Å². The molecule has 0 saturated carbocycles. The van der Waals surface area contributed by atoms with Gasteiger partial charge in [-0.25, -0.2) is 4.39 Å². The predicted molar refractivity (Wildman–Crippen MR) is 143 cm³/mol. The molecule has 0 atom stereocenters. The molecule has 6 rings (SSSR count). The Bertz CT molecular complexity index is 1600. The number of nitrogens with zero attached hydrogens (tertiary/aromatic N) is 2. The highest BCUT2D eigenvalue weighted by molar-refractivity contribution is 6.31. The molecule has 1 amide bonds. The molecule has 3 heterocycles. The molecular weight excluding hydrogens is 473 g/mol. The Hall–Kier alpha value is -3.83. The number of carbonyl (C=O) groups is 1. The normalized spacial score (nSPS) is 13.1. The van der Waals surface area contributed by atoms with E-state index in [1.165, 1.54) is 23.3 Å². The third kappa shape index (κ3) is 3.90. The van der Waals surface area contributed by atoms with Crippen LogP contribution in [0.1, 0.15) is 34.5 Å². The molecule has 3 aromatic carbocycles. The second-order valence-corrected chi connectivity index (χ2v) is 9.79.